The number of nitrogen functional groups attached to an aromatic ring is 1. The molecule has 0 unspecified atom stereocenters. The number of rotatable bonds is 5. The average Bonchev–Trinajstić information content (AvgIpc) is 2.66. The number of benzene rings is 1. The van der Waals surface area contributed by atoms with Gasteiger partial charge in [0.1, 0.15) is 0 Å². The molecule has 1 heterocycles. The zero-order valence-electron chi connectivity index (χ0n) is 10.4. The quantitative estimate of drug-likeness (QED) is 0.806. The molecule has 0 aliphatic carbocycles. The summed E-state index contributed by atoms with van der Waals surface area (Å²) in [5.74, 6) is 0.594. The minimum atomic E-state index is 0.594. The van der Waals surface area contributed by atoms with E-state index in [0.717, 1.165) is 31.5 Å². The second-order valence-electron chi connectivity index (χ2n) is 4.11. The van der Waals surface area contributed by atoms with Crippen molar-refractivity contribution >= 4 is 17.0 Å². The topological polar surface area (TPSA) is 53.1 Å². The fraction of sp³-hybridized carbons (Fsp3) is 0.462. The molecule has 17 heavy (non-hydrogen) atoms. The summed E-state index contributed by atoms with van der Waals surface area (Å²) in [6.45, 7) is 3.75. The molecule has 4 heteroatoms. The molecule has 0 saturated carbocycles. The van der Waals surface area contributed by atoms with Crippen molar-refractivity contribution in [1.29, 1.82) is 0 Å². The van der Waals surface area contributed by atoms with Gasteiger partial charge in [-0.05, 0) is 24.5 Å². The normalized spacial score (nSPS) is 11.2. The van der Waals surface area contributed by atoms with Gasteiger partial charge in [0.05, 0.1) is 11.0 Å². The second kappa shape index (κ2) is 5.19. The third kappa shape index (κ3) is 2.26. The van der Waals surface area contributed by atoms with Gasteiger partial charge in [0.2, 0.25) is 5.95 Å². The zero-order chi connectivity index (χ0) is 12.3. The van der Waals surface area contributed by atoms with Crippen molar-refractivity contribution < 1.29 is 4.74 Å². The van der Waals surface area contributed by atoms with Crippen molar-refractivity contribution in [2.24, 2.45) is 0 Å². The first kappa shape index (κ1) is 11.9. The molecule has 0 aliphatic rings. The molecule has 2 N–H and O–H groups in total. The molecule has 0 amide bonds. The maximum absolute atomic E-state index is 5.97. The van der Waals surface area contributed by atoms with E-state index in [1.807, 2.05) is 12.1 Å². The van der Waals surface area contributed by atoms with Crippen molar-refractivity contribution in [3.63, 3.8) is 0 Å². The highest BCUT2D eigenvalue weighted by Crippen LogP contribution is 2.22. The summed E-state index contributed by atoms with van der Waals surface area (Å²) >= 11 is 0. The van der Waals surface area contributed by atoms with Crippen LogP contribution in [0.2, 0.25) is 0 Å². The Labute approximate surface area is 101 Å². The van der Waals surface area contributed by atoms with Crippen molar-refractivity contribution in [2.75, 3.05) is 19.5 Å². The monoisotopic (exact) mass is 233 g/mol. The van der Waals surface area contributed by atoms with Crippen LogP contribution in [0.3, 0.4) is 0 Å². The van der Waals surface area contributed by atoms with Crippen molar-refractivity contribution in [1.82, 2.24) is 9.55 Å². The summed E-state index contributed by atoms with van der Waals surface area (Å²) in [5, 5.41) is 0. The highest BCUT2D eigenvalue weighted by atomic mass is 16.5. The van der Waals surface area contributed by atoms with E-state index in [9.17, 15) is 0 Å². The van der Waals surface area contributed by atoms with E-state index in [2.05, 4.69) is 22.5 Å². The Kier molecular flexibility index (Phi) is 3.64. The molecule has 1 aromatic carbocycles. The SMILES string of the molecule is CCc1cccc2nc(N)n(CCCOC)c12. The lowest BCUT2D eigenvalue weighted by atomic mass is 10.1. The van der Waals surface area contributed by atoms with E-state index in [-0.39, 0.29) is 0 Å². The second-order valence-corrected chi connectivity index (χ2v) is 4.11. The third-order valence-electron chi connectivity index (χ3n) is 2.99. The molecule has 2 rings (SSSR count). The molecule has 0 saturated heterocycles. The summed E-state index contributed by atoms with van der Waals surface area (Å²) in [4.78, 5) is 4.40. The van der Waals surface area contributed by atoms with Crippen LogP contribution < -0.4 is 5.73 Å². The Bertz CT molecular complexity index is 505. The Morgan fingerprint density at radius 2 is 2.24 bits per heavy atom. The smallest absolute Gasteiger partial charge is 0.201 e. The van der Waals surface area contributed by atoms with Crippen LogP contribution in [0.5, 0.6) is 0 Å². The van der Waals surface area contributed by atoms with Crippen LogP contribution in [-0.2, 0) is 17.7 Å². The number of hydrogen-bond donors (Lipinski definition) is 1. The standard InChI is InChI=1S/C13H19N3O/c1-3-10-6-4-7-11-12(10)16(13(14)15-11)8-5-9-17-2/h4,6-7H,3,5,8-9H2,1-2H3,(H2,14,15). The molecular weight excluding hydrogens is 214 g/mol. The number of para-hydroxylation sites is 1. The van der Waals surface area contributed by atoms with Crippen LogP contribution in [0.15, 0.2) is 18.2 Å². The molecule has 0 bridgehead atoms. The zero-order valence-corrected chi connectivity index (χ0v) is 10.4. The lowest BCUT2D eigenvalue weighted by molar-refractivity contribution is 0.191. The number of ether oxygens (including phenoxy) is 1. The summed E-state index contributed by atoms with van der Waals surface area (Å²) in [6.07, 6.45) is 1.94. The van der Waals surface area contributed by atoms with Crippen LogP contribution in [0.25, 0.3) is 11.0 Å². The molecule has 0 aliphatic heterocycles. The van der Waals surface area contributed by atoms with Gasteiger partial charge < -0.3 is 15.0 Å². The van der Waals surface area contributed by atoms with Crippen LogP contribution in [0.4, 0.5) is 5.95 Å². The van der Waals surface area contributed by atoms with Gasteiger partial charge in [0, 0.05) is 20.3 Å². The first-order valence-corrected chi connectivity index (χ1v) is 6.00. The molecule has 0 atom stereocenters. The number of fused-ring (bicyclic) bond motifs is 1. The van der Waals surface area contributed by atoms with Crippen molar-refractivity contribution in [3.8, 4) is 0 Å². The van der Waals surface area contributed by atoms with Gasteiger partial charge in [-0.25, -0.2) is 4.98 Å². The maximum Gasteiger partial charge on any atom is 0.201 e. The van der Waals surface area contributed by atoms with Crippen LogP contribution in [-0.4, -0.2) is 23.3 Å². The third-order valence-corrected chi connectivity index (χ3v) is 2.99. The Balaban J connectivity index is 2.41. The largest absolute Gasteiger partial charge is 0.385 e. The highest BCUT2D eigenvalue weighted by molar-refractivity contribution is 5.81. The molecule has 2 aromatic rings. The number of hydrogen-bond acceptors (Lipinski definition) is 3. The van der Waals surface area contributed by atoms with Gasteiger partial charge in [-0.2, -0.15) is 0 Å². The predicted octanol–water partition coefficient (Wildman–Crippen LogP) is 2.22. The van der Waals surface area contributed by atoms with E-state index in [4.69, 9.17) is 10.5 Å². The Morgan fingerprint density at radius 1 is 1.41 bits per heavy atom. The number of aryl methyl sites for hydroxylation is 2. The van der Waals surface area contributed by atoms with Gasteiger partial charge in [-0.3, -0.25) is 0 Å². The molecule has 1 aromatic heterocycles. The first-order valence-electron chi connectivity index (χ1n) is 6.00. The molecule has 0 radical (unpaired) electrons. The number of nitrogens with two attached hydrogens (primary N) is 1. The van der Waals surface area contributed by atoms with E-state index >= 15 is 0 Å². The van der Waals surface area contributed by atoms with Crippen molar-refractivity contribution in [3.05, 3.63) is 23.8 Å². The van der Waals surface area contributed by atoms with Gasteiger partial charge in [-0.15, -0.1) is 0 Å². The number of methoxy groups -OCH3 is 1. The fourth-order valence-electron chi connectivity index (χ4n) is 2.16. The molecule has 0 fully saturated rings. The lowest BCUT2D eigenvalue weighted by Crippen LogP contribution is -2.06. The Hall–Kier alpha value is -1.55. The molecular formula is C13H19N3O. The van der Waals surface area contributed by atoms with E-state index in [1.165, 1.54) is 11.1 Å². The van der Waals surface area contributed by atoms with E-state index < -0.39 is 0 Å². The molecule has 4 nitrogen and oxygen atoms in total. The first-order chi connectivity index (χ1) is 8.27. The average molecular weight is 233 g/mol. The van der Waals surface area contributed by atoms with Crippen molar-refractivity contribution in [2.45, 2.75) is 26.3 Å². The highest BCUT2D eigenvalue weighted by Gasteiger charge is 2.10. The van der Waals surface area contributed by atoms with E-state index in [1.54, 1.807) is 7.11 Å². The van der Waals surface area contributed by atoms with Crippen LogP contribution in [0.1, 0.15) is 18.9 Å². The lowest BCUT2D eigenvalue weighted by Gasteiger charge is -2.08. The molecule has 92 valence electrons. The number of imidazole rings is 1. The summed E-state index contributed by atoms with van der Waals surface area (Å²) in [7, 11) is 1.72. The summed E-state index contributed by atoms with van der Waals surface area (Å²) in [5.41, 5.74) is 9.42. The number of nitrogens with zero attached hydrogens (tertiary/aromatic N) is 2. The fourth-order valence-corrected chi connectivity index (χ4v) is 2.16. The van der Waals surface area contributed by atoms with Gasteiger partial charge in [-0.1, -0.05) is 19.1 Å². The van der Waals surface area contributed by atoms with Gasteiger partial charge in [0.15, 0.2) is 0 Å². The summed E-state index contributed by atoms with van der Waals surface area (Å²) in [6, 6.07) is 6.18. The number of aromatic nitrogens is 2. The van der Waals surface area contributed by atoms with Gasteiger partial charge >= 0.3 is 0 Å². The van der Waals surface area contributed by atoms with Crippen LogP contribution in [0, 0.1) is 0 Å². The van der Waals surface area contributed by atoms with Gasteiger partial charge in [0.25, 0.3) is 0 Å². The van der Waals surface area contributed by atoms with E-state index in [0.29, 0.717) is 5.95 Å². The van der Waals surface area contributed by atoms with Crippen LogP contribution >= 0.6 is 0 Å². The minimum absolute atomic E-state index is 0.594. The Morgan fingerprint density at radius 3 is 2.94 bits per heavy atom. The minimum Gasteiger partial charge on any atom is -0.385 e. The number of anilines is 1. The predicted molar refractivity (Wildman–Crippen MR) is 70.0 cm³/mol. The summed E-state index contributed by atoms with van der Waals surface area (Å²) < 4.78 is 7.16. The maximum atomic E-state index is 5.97. The molecule has 0 spiro atoms.